The molecular formula is C69H47N3. The molecule has 2 heterocycles. The standard InChI is InChI=1S/C69H47N3/c1-68(2)55-35-18-14-29-48(55)51-42-41-47(43-60(51)68)71(61-40-22-39-59-63(61)54-34-17-21-38-58(54)69(59)56-36-19-15-30-49(56)50-31-16-20-37-57(50)69)67-53-33-13-12-32-52(53)66-62(44-23-6-3-7-24-44)64(45-25-8-4-9-26-45)70-72(66)65(67)46-27-10-5-11-28-46/h3-43H,1-2H3. The van der Waals surface area contributed by atoms with Crippen molar-refractivity contribution in [3.05, 3.63) is 282 Å². The van der Waals surface area contributed by atoms with Crippen LogP contribution in [0.3, 0.4) is 0 Å². The van der Waals surface area contributed by atoms with Crippen LogP contribution in [0.2, 0.25) is 0 Å². The Balaban J connectivity index is 1.12. The predicted molar refractivity (Wildman–Crippen MR) is 298 cm³/mol. The average Bonchev–Trinajstić information content (AvgIpc) is 4.16. The molecule has 0 unspecified atom stereocenters. The Labute approximate surface area is 419 Å². The van der Waals surface area contributed by atoms with Gasteiger partial charge in [-0.25, -0.2) is 4.52 Å². The molecule has 3 heteroatoms. The number of aromatic nitrogens is 2. The number of hydrogen-bond donors (Lipinski definition) is 0. The van der Waals surface area contributed by atoms with Gasteiger partial charge in [-0.3, -0.25) is 0 Å². The first kappa shape index (κ1) is 40.8. The van der Waals surface area contributed by atoms with E-state index in [2.05, 4.69) is 272 Å². The van der Waals surface area contributed by atoms with Crippen LogP contribution in [0.4, 0.5) is 17.1 Å². The van der Waals surface area contributed by atoms with Gasteiger partial charge in [0.05, 0.1) is 28.0 Å². The van der Waals surface area contributed by atoms with Crippen LogP contribution in [-0.2, 0) is 10.8 Å². The van der Waals surface area contributed by atoms with Gasteiger partial charge in [-0.05, 0) is 85.0 Å². The van der Waals surface area contributed by atoms with E-state index in [-0.39, 0.29) is 5.41 Å². The van der Waals surface area contributed by atoms with Crippen LogP contribution in [0.1, 0.15) is 47.2 Å². The summed E-state index contributed by atoms with van der Waals surface area (Å²) in [6.07, 6.45) is 0. The summed E-state index contributed by atoms with van der Waals surface area (Å²) in [4.78, 5) is 2.61. The maximum Gasteiger partial charge on any atom is 0.101 e. The third-order valence-corrected chi connectivity index (χ3v) is 16.2. The van der Waals surface area contributed by atoms with E-state index in [1.807, 2.05) is 0 Å². The van der Waals surface area contributed by atoms with Gasteiger partial charge in [0.2, 0.25) is 0 Å². The molecule has 2 aromatic heterocycles. The van der Waals surface area contributed by atoms with Gasteiger partial charge in [-0.2, -0.15) is 5.10 Å². The van der Waals surface area contributed by atoms with Gasteiger partial charge < -0.3 is 4.90 Å². The van der Waals surface area contributed by atoms with Crippen LogP contribution in [-0.4, -0.2) is 9.61 Å². The minimum Gasteiger partial charge on any atom is -0.307 e. The number of hydrogen-bond acceptors (Lipinski definition) is 2. The molecule has 0 saturated heterocycles. The molecule has 3 nitrogen and oxygen atoms in total. The van der Waals surface area contributed by atoms with Crippen molar-refractivity contribution in [1.29, 1.82) is 0 Å². The van der Waals surface area contributed by atoms with Gasteiger partial charge in [0.15, 0.2) is 0 Å². The van der Waals surface area contributed by atoms with E-state index >= 15 is 0 Å². The minimum absolute atomic E-state index is 0.231. The molecule has 0 bridgehead atoms. The zero-order valence-electron chi connectivity index (χ0n) is 40.0. The number of benzene rings is 10. The zero-order valence-corrected chi connectivity index (χ0v) is 40.0. The third kappa shape index (κ3) is 5.42. The summed E-state index contributed by atoms with van der Waals surface area (Å²) in [5.74, 6) is 0. The molecule has 3 aliphatic rings. The highest BCUT2D eigenvalue weighted by molar-refractivity contribution is 6.17. The van der Waals surface area contributed by atoms with E-state index in [0.29, 0.717) is 0 Å². The van der Waals surface area contributed by atoms with Crippen molar-refractivity contribution in [1.82, 2.24) is 9.61 Å². The number of rotatable bonds is 6. The fourth-order valence-electron chi connectivity index (χ4n) is 13.2. The Kier molecular flexibility index (Phi) is 8.63. The third-order valence-electron chi connectivity index (χ3n) is 16.2. The van der Waals surface area contributed by atoms with Crippen molar-refractivity contribution < 1.29 is 0 Å². The molecule has 1 spiro atoms. The number of pyridine rings is 1. The van der Waals surface area contributed by atoms with Crippen molar-refractivity contribution in [3.63, 3.8) is 0 Å². The smallest absolute Gasteiger partial charge is 0.101 e. The second-order valence-corrected chi connectivity index (χ2v) is 20.1. The van der Waals surface area contributed by atoms with E-state index in [1.165, 1.54) is 66.8 Å². The Hall–Kier alpha value is -9.05. The van der Waals surface area contributed by atoms with E-state index in [4.69, 9.17) is 5.10 Å². The first-order valence-electron chi connectivity index (χ1n) is 25.1. The molecule has 0 atom stereocenters. The maximum absolute atomic E-state index is 5.83. The van der Waals surface area contributed by atoms with Crippen LogP contribution in [0, 0.1) is 0 Å². The molecule has 0 saturated carbocycles. The lowest BCUT2D eigenvalue weighted by Gasteiger charge is -2.34. The van der Waals surface area contributed by atoms with E-state index < -0.39 is 5.41 Å². The second kappa shape index (κ2) is 15.2. The lowest BCUT2D eigenvalue weighted by atomic mass is 9.70. The van der Waals surface area contributed by atoms with Crippen molar-refractivity contribution in [2.45, 2.75) is 24.7 Å². The van der Waals surface area contributed by atoms with Gasteiger partial charge in [-0.1, -0.05) is 244 Å². The van der Waals surface area contributed by atoms with Gasteiger partial charge >= 0.3 is 0 Å². The highest BCUT2D eigenvalue weighted by Crippen LogP contribution is 2.65. The van der Waals surface area contributed by atoms with Crippen LogP contribution in [0.15, 0.2) is 249 Å². The molecule has 0 N–H and O–H groups in total. The van der Waals surface area contributed by atoms with Crippen LogP contribution in [0.25, 0.3) is 83.3 Å². The normalized spacial score (nSPS) is 13.9. The molecule has 3 aliphatic carbocycles. The minimum atomic E-state index is -0.520. The van der Waals surface area contributed by atoms with Crippen molar-refractivity contribution in [3.8, 4) is 67.0 Å². The Morgan fingerprint density at radius 2 is 0.861 bits per heavy atom. The highest BCUT2D eigenvalue weighted by Gasteiger charge is 2.52. The molecule has 0 fully saturated rings. The van der Waals surface area contributed by atoms with Gasteiger partial charge in [0.25, 0.3) is 0 Å². The summed E-state index contributed by atoms with van der Waals surface area (Å²) in [6.45, 7) is 4.77. The van der Waals surface area contributed by atoms with Crippen LogP contribution >= 0.6 is 0 Å². The quantitative estimate of drug-likeness (QED) is 0.166. The summed E-state index contributed by atoms with van der Waals surface area (Å²) in [5, 5.41) is 8.10. The van der Waals surface area contributed by atoms with Gasteiger partial charge in [0, 0.05) is 44.1 Å². The molecular weight excluding hydrogens is 871 g/mol. The monoisotopic (exact) mass is 917 g/mol. The Morgan fingerprint density at radius 3 is 1.51 bits per heavy atom. The van der Waals surface area contributed by atoms with E-state index in [1.54, 1.807) is 0 Å². The van der Waals surface area contributed by atoms with Crippen LogP contribution in [0.5, 0.6) is 0 Å². The fraction of sp³-hybridized carbons (Fsp3) is 0.0580. The van der Waals surface area contributed by atoms with Crippen LogP contribution < -0.4 is 4.90 Å². The topological polar surface area (TPSA) is 20.5 Å². The number of anilines is 3. The Morgan fingerprint density at radius 1 is 0.375 bits per heavy atom. The molecule has 338 valence electrons. The largest absolute Gasteiger partial charge is 0.307 e. The van der Waals surface area contributed by atoms with Crippen molar-refractivity contribution in [2.24, 2.45) is 0 Å². The van der Waals surface area contributed by atoms with E-state index in [0.717, 1.165) is 67.0 Å². The first-order valence-corrected chi connectivity index (χ1v) is 25.1. The molecule has 0 aliphatic heterocycles. The summed E-state index contributed by atoms with van der Waals surface area (Å²) in [7, 11) is 0. The second-order valence-electron chi connectivity index (χ2n) is 20.1. The highest BCUT2D eigenvalue weighted by atomic mass is 15.3. The zero-order chi connectivity index (χ0) is 47.7. The molecule has 12 aromatic rings. The number of nitrogens with zero attached hydrogens (tertiary/aromatic N) is 3. The lowest BCUT2D eigenvalue weighted by molar-refractivity contribution is 0.660. The predicted octanol–water partition coefficient (Wildman–Crippen LogP) is 17.6. The van der Waals surface area contributed by atoms with Crippen molar-refractivity contribution in [2.75, 3.05) is 4.90 Å². The van der Waals surface area contributed by atoms with Crippen molar-refractivity contribution >= 4 is 33.4 Å². The summed E-state index contributed by atoms with van der Waals surface area (Å²) >= 11 is 0. The van der Waals surface area contributed by atoms with Gasteiger partial charge in [0.1, 0.15) is 5.69 Å². The number of fused-ring (bicyclic) bond motifs is 16. The Bertz CT molecular complexity index is 4140. The lowest BCUT2D eigenvalue weighted by Crippen LogP contribution is -2.26. The molecule has 0 amide bonds. The maximum atomic E-state index is 5.83. The summed E-state index contributed by atoms with van der Waals surface area (Å²) in [5.41, 5.74) is 25.5. The van der Waals surface area contributed by atoms with E-state index in [9.17, 15) is 0 Å². The summed E-state index contributed by atoms with van der Waals surface area (Å²) < 4.78 is 2.28. The van der Waals surface area contributed by atoms with Gasteiger partial charge in [-0.15, -0.1) is 0 Å². The summed E-state index contributed by atoms with van der Waals surface area (Å²) in [6, 6.07) is 92.2. The fourth-order valence-corrected chi connectivity index (χ4v) is 13.2. The SMILES string of the molecule is CC1(C)c2ccccc2-c2ccc(N(c3cccc4c3-c3ccccc3C43c4ccccc4-c4ccccc43)c3c(-c4ccccc4)n4nc(-c5ccccc5)c(-c5ccccc5)c4c4ccccc34)cc21. The molecule has 0 radical (unpaired) electrons. The molecule has 15 rings (SSSR count). The average molecular weight is 918 g/mol. The molecule has 72 heavy (non-hydrogen) atoms. The first-order chi connectivity index (χ1) is 35.5. The molecule has 10 aromatic carbocycles.